The maximum absolute atomic E-state index is 11.7. The second-order valence-electron chi connectivity index (χ2n) is 3.59. The van der Waals surface area contributed by atoms with Crippen molar-refractivity contribution in [2.45, 2.75) is 32.5 Å². The Morgan fingerprint density at radius 3 is 2.35 bits per heavy atom. The summed E-state index contributed by atoms with van der Waals surface area (Å²) in [4.78, 5) is 22.1. The zero-order valence-corrected chi connectivity index (χ0v) is 9.50. The number of hydrogen-bond donors (Lipinski definition) is 2. The Balaban J connectivity index is 4.09. The van der Waals surface area contributed by atoms with E-state index in [4.69, 9.17) is 5.73 Å². The van der Waals surface area contributed by atoms with Crippen molar-refractivity contribution in [2.75, 3.05) is 6.61 Å². The van der Waals surface area contributed by atoms with Gasteiger partial charge in [0, 0.05) is 0 Å². The molecule has 0 fully saturated rings. The Morgan fingerprint density at radius 1 is 1.41 bits per heavy atom. The Hall–Kier alpha value is -1.31. The topological polar surface area (TPSA) is 81.4 Å². The number of rotatable bonds is 4. The predicted octanol–water partition coefficient (Wildman–Crippen LogP) is 1.17. The average Bonchev–Trinajstić information content (AvgIpc) is 2.23. The third-order valence-electron chi connectivity index (χ3n) is 2.15. The third kappa shape index (κ3) is 6.77. The first kappa shape index (κ1) is 15.7. The summed E-state index contributed by atoms with van der Waals surface area (Å²) in [5.41, 5.74) is 5.46. The molecule has 0 aliphatic heterocycles. The van der Waals surface area contributed by atoms with Gasteiger partial charge in [0.1, 0.15) is 0 Å². The number of hydrogen-bond acceptors (Lipinski definition) is 4. The minimum atomic E-state index is -4.63. The molecular formula is C9H15F3N2O3. The van der Waals surface area contributed by atoms with Crippen LogP contribution < -0.4 is 11.1 Å². The molecule has 0 aromatic heterocycles. The first-order valence-electron chi connectivity index (χ1n) is 4.97. The van der Waals surface area contributed by atoms with Crippen molar-refractivity contribution in [3.8, 4) is 0 Å². The molecule has 8 heteroatoms. The highest BCUT2D eigenvalue weighted by molar-refractivity contribution is 5.94. The fourth-order valence-electron chi connectivity index (χ4n) is 0.880. The fraction of sp³-hybridized carbons (Fsp3) is 0.778. The van der Waals surface area contributed by atoms with Gasteiger partial charge in [-0.15, -0.1) is 0 Å². The van der Waals surface area contributed by atoms with E-state index in [-0.39, 0.29) is 5.92 Å². The summed E-state index contributed by atoms with van der Waals surface area (Å²) < 4.78 is 38.8. The van der Waals surface area contributed by atoms with Gasteiger partial charge in [0.25, 0.3) is 0 Å². The molecule has 3 N–H and O–H groups in total. The number of imide groups is 1. The third-order valence-corrected chi connectivity index (χ3v) is 2.15. The van der Waals surface area contributed by atoms with E-state index in [2.05, 4.69) is 4.74 Å². The van der Waals surface area contributed by atoms with E-state index in [0.717, 1.165) is 0 Å². The zero-order valence-electron chi connectivity index (χ0n) is 9.50. The van der Waals surface area contributed by atoms with Gasteiger partial charge in [-0.05, 0) is 5.92 Å². The molecule has 0 saturated carbocycles. The SMILES string of the molecule is CCC(C)[C@H](N)C(=O)NC(=O)OCC(F)(F)F. The number of alkyl carbamates (subject to hydrolysis) is 1. The maximum atomic E-state index is 11.7. The van der Waals surface area contributed by atoms with Crippen LogP contribution in [0, 0.1) is 5.92 Å². The van der Waals surface area contributed by atoms with Crippen LogP contribution in [0.15, 0.2) is 0 Å². The number of alkyl halides is 3. The van der Waals surface area contributed by atoms with Gasteiger partial charge >= 0.3 is 12.3 Å². The molecule has 17 heavy (non-hydrogen) atoms. The van der Waals surface area contributed by atoms with E-state index in [1.165, 1.54) is 0 Å². The standard InChI is InChI=1S/C9H15F3N2O3/c1-3-5(2)6(13)7(15)14-8(16)17-4-9(10,11)12/h5-6H,3-4,13H2,1-2H3,(H,14,15,16)/t5?,6-/m0/s1. The molecule has 0 aliphatic rings. The smallest absolute Gasteiger partial charge is 0.422 e. The van der Waals surface area contributed by atoms with Gasteiger partial charge < -0.3 is 10.5 Å². The molecule has 100 valence electrons. The number of nitrogens with one attached hydrogen (secondary N) is 1. The van der Waals surface area contributed by atoms with Gasteiger partial charge in [0.2, 0.25) is 5.91 Å². The number of amides is 2. The number of ether oxygens (including phenoxy) is 1. The minimum absolute atomic E-state index is 0.189. The summed E-state index contributed by atoms with van der Waals surface area (Å²) in [6.07, 6.45) is -5.48. The molecule has 0 radical (unpaired) electrons. The Morgan fingerprint density at radius 2 is 1.94 bits per heavy atom. The number of carbonyl (C=O) groups excluding carboxylic acids is 2. The summed E-state index contributed by atoms with van der Waals surface area (Å²) in [5, 5.41) is 1.64. The van der Waals surface area contributed by atoms with Gasteiger partial charge in [0.05, 0.1) is 6.04 Å². The van der Waals surface area contributed by atoms with E-state index >= 15 is 0 Å². The highest BCUT2D eigenvalue weighted by Gasteiger charge is 2.30. The lowest BCUT2D eigenvalue weighted by atomic mass is 10.00. The fourth-order valence-corrected chi connectivity index (χ4v) is 0.880. The highest BCUT2D eigenvalue weighted by Crippen LogP contribution is 2.14. The largest absolute Gasteiger partial charge is 0.440 e. The summed E-state index contributed by atoms with van der Waals surface area (Å²) in [6.45, 7) is 1.73. The van der Waals surface area contributed by atoms with Crippen LogP contribution in [-0.4, -0.2) is 30.8 Å². The Labute approximate surface area is 96.5 Å². The average molecular weight is 256 g/mol. The van der Waals surface area contributed by atoms with Crippen LogP contribution in [0.5, 0.6) is 0 Å². The van der Waals surface area contributed by atoms with Crippen molar-refractivity contribution in [1.82, 2.24) is 5.32 Å². The van der Waals surface area contributed by atoms with Gasteiger partial charge in [-0.1, -0.05) is 20.3 Å². The van der Waals surface area contributed by atoms with Crippen LogP contribution >= 0.6 is 0 Å². The first-order valence-corrected chi connectivity index (χ1v) is 4.97. The summed E-state index contributed by atoms with van der Waals surface area (Å²) in [5.74, 6) is -1.04. The lowest BCUT2D eigenvalue weighted by molar-refractivity contribution is -0.160. The van der Waals surface area contributed by atoms with Crippen LogP contribution in [0.25, 0.3) is 0 Å². The van der Waals surface area contributed by atoms with Crippen LogP contribution in [0.4, 0.5) is 18.0 Å². The molecule has 0 aromatic carbocycles. The molecule has 0 heterocycles. The molecule has 0 saturated heterocycles. The molecule has 0 aromatic rings. The van der Waals surface area contributed by atoms with Crippen molar-refractivity contribution in [3.05, 3.63) is 0 Å². The lowest BCUT2D eigenvalue weighted by Crippen LogP contribution is -2.47. The number of halogens is 3. The summed E-state index contributed by atoms with van der Waals surface area (Å²) in [6, 6.07) is -0.960. The van der Waals surface area contributed by atoms with E-state index in [1.807, 2.05) is 0 Å². The Kier molecular flexibility index (Phi) is 5.94. The monoisotopic (exact) mass is 256 g/mol. The highest BCUT2D eigenvalue weighted by atomic mass is 19.4. The van der Waals surface area contributed by atoms with Crippen LogP contribution in [0.1, 0.15) is 20.3 Å². The quantitative estimate of drug-likeness (QED) is 0.791. The van der Waals surface area contributed by atoms with Crippen LogP contribution in [0.2, 0.25) is 0 Å². The zero-order chi connectivity index (χ0) is 13.6. The molecular weight excluding hydrogens is 241 g/mol. The van der Waals surface area contributed by atoms with Crippen LogP contribution in [0.3, 0.4) is 0 Å². The molecule has 0 bridgehead atoms. The van der Waals surface area contributed by atoms with Gasteiger partial charge in [0.15, 0.2) is 6.61 Å². The molecule has 0 aliphatic carbocycles. The second kappa shape index (κ2) is 6.43. The van der Waals surface area contributed by atoms with E-state index in [9.17, 15) is 22.8 Å². The predicted molar refractivity (Wildman–Crippen MR) is 53.0 cm³/mol. The van der Waals surface area contributed by atoms with Crippen molar-refractivity contribution < 1.29 is 27.5 Å². The normalized spacial score (nSPS) is 14.9. The maximum Gasteiger partial charge on any atom is 0.422 e. The Bertz CT molecular complexity index is 281. The van der Waals surface area contributed by atoms with Crippen LogP contribution in [-0.2, 0) is 9.53 Å². The van der Waals surface area contributed by atoms with Gasteiger partial charge in [-0.2, -0.15) is 13.2 Å². The molecule has 5 nitrogen and oxygen atoms in total. The van der Waals surface area contributed by atoms with Crippen molar-refractivity contribution in [2.24, 2.45) is 11.7 Å². The lowest BCUT2D eigenvalue weighted by Gasteiger charge is -2.17. The van der Waals surface area contributed by atoms with Crippen molar-refractivity contribution in [1.29, 1.82) is 0 Å². The van der Waals surface area contributed by atoms with Gasteiger partial charge in [-0.25, -0.2) is 4.79 Å². The molecule has 1 unspecified atom stereocenters. The van der Waals surface area contributed by atoms with E-state index < -0.39 is 30.8 Å². The molecule has 2 amide bonds. The summed E-state index contributed by atoms with van der Waals surface area (Å²) in [7, 11) is 0. The van der Waals surface area contributed by atoms with E-state index in [0.29, 0.717) is 6.42 Å². The number of carbonyl (C=O) groups is 2. The molecule has 0 spiro atoms. The van der Waals surface area contributed by atoms with E-state index in [1.54, 1.807) is 19.2 Å². The van der Waals surface area contributed by atoms with Crippen molar-refractivity contribution >= 4 is 12.0 Å². The summed E-state index contributed by atoms with van der Waals surface area (Å²) >= 11 is 0. The first-order chi connectivity index (χ1) is 7.67. The molecule has 0 rings (SSSR count). The number of nitrogens with two attached hydrogens (primary N) is 1. The second-order valence-corrected chi connectivity index (χ2v) is 3.59. The van der Waals surface area contributed by atoms with Crippen molar-refractivity contribution in [3.63, 3.8) is 0 Å². The molecule has 2 atom stereocenters. The van der Waals surface area contributed by atoms with Gasteiger partial charge in [-0.3, -0.25) is 10.1 Å². The minimum Gasteiger partial charge on any atom is -0.440 e.